The van der Waals surface area contributed by atoms with Crippen LogP contribution in [0.25, 0.3) is 10.1 Å². The molecule has 0 saturated carbocycles. The van der Waals surface area contributed by atoms with Crippen molar-refractivity contribution in [1.29, 1.82) is 0 Å². The average Bonchev–Trinajstić information content (AvgIpc) is 2.76. The fourth-order valence-corrected chi connectivity index (χ4v) is 3.54. The molecule has 0 spiro atoms. The van der Waals surface area contributed by atoms with E-state index in [9.17, 15) is 4.79 Å². The predicted octanol–water partition coefficient (Wildman–Crippen LogP) is 4.50. The van der Waals surface area contributed by atoms with Crippen molar-refractivity contribution < 1.29 is 4.79 Å². The van der Waals surface area contributed by atoms with Crippen molar-refractivity contribution >= 4 is 54.6 Å². The minimum atomic E-state index is -0.175. The van der Waals surface area contributed by atoms with Crippen molar-refractivity contribution in [2.45, 2.75) is 0 Å². The first-order valence-corrected chi connectivity index (χ1v) is 7.60. The van der Waals surface area contributed by atoms with Gasteiger partial charge in [-0.15, -0.1) is 11.3 Å². The standard InChI is InChI=1S/C15H11BrN2OS/c16-9-6-7-11-12(8-9)20-14(13(11)17)15(19)18-10-4-2-1-3-5-10/h1-8H,17H2,(H,18,19). The Balaban J connectivity index is 1.97. The van der Waals surface area contributed by atoms with Crippen LogP contribution in [-0.2, 0) is 0 Å². The fraction of sp³-hybridized carbons (Fsp3) is 0. The molecule has 0 aliphatic carbocycles. The van der Waals surface area contributed by atoms with Gasteiger partial charge in [0.1, 0.15) is 4.88 Å². The van der Waals surface area contributed by atoms with Crippen molar-refractivity contribution in [2.24, 2.45) is 0 Å². The molecule has 0 unspecified atom stereocenters. The van der Waals surface area contributed by atoms with E-state index in [1.165, 1.54) is 11.3 Å². The van der Waals surface area contributed by atoms with Gasteiger partial charge in [-0.3, -0.25) is 4.79 Å². The first kappa shape index (κ1) is 13.1. The molecule has 3 nitrogen and oxygen atoms in total. The van der Waals surface area contributed by atoms with Crippen molar-refractivity contribution in [3.63, 3.8) is 0 Å². The molecule has 1 heterocycles. The Morgan fingerprint density at radius 1 is 1.15 bits per heavy atom. The van der Waals surface area contributed by atoms with E-state index in [1.807, 2.05) is 48.5 Å². The highest BCUT2D eigenvalue weighted by Crippen LogP contribution is 2.35. The molecule has 2 aromatic carbocycles. The zero-order valence-corrected chi connectivity index (χ0v) is 12.8. The van der Waals surface area contributed by atoms with Crippen molar-refractivity contribution in [3.8, 4) is 0 Å². The summed E-state index contributed by atoms with van der Waals surface area (Å²) in [6.45, 7) is 0. The van der Waals surface area contributed by atoms with E-state index in [-0.39, 0.29) is 5.91 Å². The lowest BCUT2D eigenvalue weighted by Gasteiger charge is -2.03. The summed E-state index contributed by atoms with van der Waals surface area (Å²) in [6.07, 6.45) is 0. The van der Waals surface area contributed by atoms with Crippen molar-refractivity contribution in [1.82, 2.24) is 0 Å². The van der Waals surface area contributed by atoms with E-state index in [2.05, 4.69) is 21.2 Å². The van der Waals surface area contributed by atoms with Gasteiger partial charge >= 0.3 is 0 Å². The first-order valence-electron chi connectivity index (χ1n) is 5.99. The van der Waals surface area contributed by atoms with Crippen LogP contribution in [0.3, 0.4) is 0 Å². The van der Waals surface area contributed by atoms with Crippen LogP contribution < -0.4 is 11.1 Å². The number of rotatable bonds is 2. The summed E-state index contributed by atoms with van der Waals surface area (Å²) >= 11 is 4.82. The Morgan fingerprint density at radius 2 is 1.90 bits per heavy atom. The number of thiophene rings is 1. The third-order valence-corrected chi connectivity index (χ3v) is 4.59. The summed E-state index contributed by atoms with van der Waals surface area (Å²) in [7, 11) is 0. The van der Waals surface area contributed by atoms with Gasteiger partial charge in [0, 0.05) is 20.2 Å². The maximum absolute atomic E-state index is 12.3. The number of nitrogen functional groups attached to an aromatic ring is 1. The summed E-state index contributed by atoms with van der Waals surface area (Å²) in [4.78, 5) is 12.8. The number of halogens is 1. The number of fused-ring (bicyclic) bond motifs is 1. The minimum absolute atomic E-state index is 0.175. The Hall–Kier alpha value is -1.85. The Kier molecular flexibility index (Phi) is 3.46. The lowest BCUT2D eigenvalue weighted by atomic mass is 10.2. The van der Waals surface area contributed by atoms with E-state index in [0.717, 1.165) is 20.2 Å². The smallest absolute Gasteiger partial charge is 0.267 e. The van der Waals surface area contributed by atoms with Gasteiger partial charge in [0.15, 0.2) is 0 Å². The Morgan fingerprint density at radius 3 is 2.65 bits per heavy atom. The molecule has 100 valence electrons. The van der Waals surface area contributed by atoms with Crippen molar-refractivity contribution in [3.05, 3.63) is 57.9 Å². The highest BCUT2D eigenvalue weighted by Gasteiger charge is 2.16. The lowest BCUT2D eigenvalue weighted by Crippen LogP contribution is -2.11. The second-order valence-electron chi connectivity index (χ2n) is 4.31. The number of hydrogen-bond donors (Lipinski definition) is 2. The zero-order valence-electron chi connectivity index (χ0n) is 10.4. The summed E-state index contributed by atoms with van der Waals surface area (Å²) < 4.78 is 1.97. The molecule has 3 aromatic rings. The summed E-state index contributed by atoms with van der Waals surface area (Å²) in [6, 6.07) is 15.2. The molecule has 1 aromatic heterocycles. The predicted molar refractivity (Wildman–Crippen MR) is 88.3 cm³/mol. The number of hydrogen-bond acceptors (Lipinski definition) is 3. The third-order valence-electron chi connectivity index (χ3n) is 2.93. The molecule has 0 aliphatic heterocycles. The van der Waals surface area contributed by atoms with E-state index >= 15 is 0 Å². The van der Waals surface area contributed by atoms with Crippen LogP contribution in [0.5, 0.6) is 0 Å². The molecule has 0 atom stereocenters. The fourth-order valence-electron chi connectivity index (χ4n) is 1.97. The number of anilines is 2. The Labute approximate surface area is 128 Å². The quantitative estimate of drug-likeness (QED) is 0.717. The van der Waals surface area contributed by atoms with Gasteiger partial charge in [-0.1, -0.05) is 40.2 Å². The number of amides is 1. The molecule has 0 radical (unpaired) electrons. The van der Waals surface area contributed by atoms with Crippen LogP contribution in [0.1, 0.15) is 9.67 Å². The lowest BCUT2D eigenvalue weighted by molar-refractivity contribution is 0.103. The Bertz CT molecular complexity index is 783. The normalized spacial score (nSPS) is 10.7. The topological polar surface area (TPSA) is 55.1 Å². The second kappa shape index (κ2) is 5.26. The van der Waals surface area contributed by atoms with E-state index < -0.39 is 0 Å². The van der Waals surface area contributed by atoms with Gasteiger partial charge in [0.25, 0.3) is 5.91 Å². The SMILES string of the molecule is Nc1c(C(=O)Nc2ccccc2)sc2cc(Br)ccc12. The summed E-state index contributed by atoms with van der Waals surface area (Å²) in [5.74, 6) is -0.175. The highest BCUT2D eigenvalue weighted by atomic mass is 79.9. The van der Waals surface area contributed by atoms with Crippen LogP contribution in [0.15, 0.2) is 53.0 Å². The van der Waals surface area contributed by atoms with E-state index in [4.69, 9.17) is 5.73 Å². The van der Waals surface area contributed by atoms with Crippen LogP contribution in [0.4, 0.5) is 11.4 Å². The van der Waals surface area contributed by atoms with Crippen LogP contribution in [-0.4, -0.2) is 5.91 Å². The van der Waals surface area contributed by atoms with Gasteiger partial charge in [0.05, 0.1) is 5.69 Å². The largest absolute Gasteiger partial charge is 0.397 e. The third kappa shape index (κ3) is 2.42. The van der Waals surface area contributed by atoms with Gasteiger partial charge in [-0.2, -0.15) is 0 Å². The summed E-state index contributed by atoms with van der Waals surface area (Å²) in [5, 5.41) is 3.77. The highest BCUT2D eigenvalue weighted by molar-refractivity contribution is 9.10. The zero-order chi connectivity index (χ0) is 14.1. The molecule has 0 saturated heterocycles. The number of nitrogens with one attached hydrogen (secondary N) is 1. The first-order chi connectivity index (χ1) is 9.65. The molecule has 5 heteroatoms. The van der Waals surface area contributed by atoms with Crippen molar-refractivity contribution in [2.75, 3.05) is 11.1 Å². The number of carbonyl (C=O) groups excluding carboxylic acids is 1. The minimum Gasteiger partial charge on any atom is -0.397 e. The summed E-state index contributed by atoms with van der Waals surface area (Å²) in [5.41, 5.74) is 7.37. The van der Waals surface area contributed by atoms with Gasteiger partial charge in [-0.25, -0.2) is 0 Å². The van der Waals surface area contributed by atoms with Crippen LogP contribution >= 0.6 is 27.3 Å². The number of para-hydroxylation sites is 1. The second-order valence-corrected chi connectivity index (χ2v) is 6.27. The molecular weight excluding hydrogens is 336 g/mol. The van der Waals surface area contributed by atoms with Gasteiger partial charge < -0.3 is 11.1 Å². The van der Waals surface area contributed by atoms with E-state index in [1.54, 1.807) is 0 Å². The number of nitrogens with two attached hydrogens (primary N) is 1. The molecule has 3 N–H and O–H groups in total. The molecule has 20 heavy (non-hydrogen) atoms. The number of carbonyl (C=O) groups is 1. The van der Waals surface area contributed by atoms with Crippen LogP contribution in [0, 0.1) is 0 Å². The molecule has 3 rings (SSSR count). The molecule has 1 amide bonds. The van der Waals surface area contributed by atoms with E-state index in [0.29, 0.717) is 10.6 Å². The number of benzene rings is 2. The average molecular weight is 347 g/mol. The van der Waals surface area contributed by atoms with Gasteiger partial charge in [-0.05, 0) is 24.3 Å². The maximum atomic E-state index is 12.3. The van der Waals surface area contributed by atoms with Crippen LogP contribution in [0.2, 0.25) is 0 Å². The maximum Gasteiger partial charge on any atom is 0.267 e. The molecular formula is C15H11BrN2OS. The molecule has 0 bridgehead atoms. The monoisotopic (exact) mass is 346 g/mol. The molecule has 0 fully saturated rings. The van der Waals surface area contributed by atoms with Gasteiger partial charge in [0.2, 0.25) is 0 Å². The molecule has 0 aliphatic rings.